The molecule has 4 heteroatoms. The number of hydrogen-bond donors (Lipinski definition) is 1. The van der Waals surface area contributed by atoms with Gasteiger partial charge in [-0.05, 0) is 50.4 Å². The van der Waals surface area contributed by atoms with Crippen molar-refractivity contribution in [1.29, 1.82) is 0 Å². The lowest BCUT2D eigenvalue weighted by Gasteiger charge is -2.38. The summed E-state index contributed by atoms with van der Waals surface area (Å²) in [5.41, 5.74) is 0. The first-order chi connectivity index (χ1) is 7.75. The molecule has 1 unspecified atom stereocenters. The van der Waals surface area contributed by atoms with Crippen molar-refractivity contribution >= 4 is 17.7 Å². The maximum atomic E-state index is 10.6. The van der Waals surface area contributed by atoms with Crippen LogP contribution in [0.15, 0.2) is 0 Å². The predicted octanol–water partition coefficient (Wildman–Crippen LogP) is 2.07. The molecule has 0 aliphatic carbocycles. The summed E-state index contributed by atoms with van der Waals surface area (Å²) < 4.78 is 0. The normalized spacial score (nSPS) is 29.1. The van der Waals surface area contributed by atoms with Gasteiger partial charge in [0.05, 0.1) is 0 Å². The predicted molar refractivity (Wildman–Crippen MR) is 66.9 cm³/mol. The van der Waals surface area contributed by atoms with E-state index < -0.39 is 5.97 Å². The summed E-state index contributed by atoms with van der Waals surface area (Å²) >= 11 is 2.07. The van der Waals surface area contributed by atoms with Crippen molar-refractivity contribution in [1.82, 2.24) is 4.90 Å². The smallest absolute Gasteiger partial charge is 0.303 e. The average Bonchev–Trinajstić information content (AvgIpc) is 2.30. The Labute approximate surface area is 102 Å². The third-order valence-corrected chi connectivity index (χ3v) is 4.96. The van der Waals surface area contributed by atoms with Gasteiger partial charge in [0, 0.05) is 18.2 Å². The van der Waals surface area contributed by atoms with Gasteiger partial charge in [-0.25, -0.2) is 0 Å². The zero-order valence-corrected chi connectivity index (χ0v) is 10.5. The van der Waals surface area contributed by atoms with Crippen molar-refractivity contribution in [2.45, 2.75) is 38.1 Å². The number of carboxylic acid groups (broad SMARTS) is 1. The van der Waals surface area contributed by atoms with Crippen molar-refractivity contribution < 1.29 is 9.90 Å². The molecule has 2 aliphatic rings. The SMILES string of the molecule is O=C(O)CC1CCN(C2CCCSC2)CC1. The van der Waals surface area contributed by atoms with E-state index in [0.29, 0.717) is 12.3 Å². The minimum atomic E-state index is -0.633. The van der Waals surface area contributed by atoms with E-state index in [1.807, 2.05) is 0 Å². The van der Waals surface area contributed by atoms with Crippen LogP contribution in [0.5, 0.6) is 0 Å². The summed E-state index contributed by atoms with van der Waals surface area (Å²) in [5, 5.41) is 8.76. The summed E-state index contributed by atoms with van der Waals surface area (Å²) in [7, 11) is 0. The number of thioether (sulfide) groups is 1. The molecule has 1 N–H and O–H groups in total. The van der Waals surface area contributed by atoms with Crippen molar-refractivity contribution in [3.05, 3.63) is 0 Å². The largest absolute Gasteiger partial charge is 0.481 e. The summed E-state index contributed by atoms with van der Waals surface area (Å²) in [4.78, 5) is 13.2. The number of nitrogens with zero attached hydrogens (tertiary/aromatic N) is 1. The molecule has 2 heterocycles. The second kappa shape index (κ2) is 5.92. The molecule has 0 bridgehead atoms. The lowest BCUT2D eigenvalue weighted by Crippen LogP contribution is -2.44. The molecule has 0 saturated carbocycles. The van der Waals surface area contributed by atoms with Crippen molar-refractivity contribution in [3.8, 4) is 0 Å². The number of rotatable bonds is 3. The highest BCUT2D eigenvalue weighted by molar-refractivity contribution is 7.99. The van der Waals surface area contributed by atoms with E-state index in [-0.39, 0.29) is 0 Å². The van der Waals surface area contributed by atoms with Crippen LogP contribution in [0.1, 0.15) is 32.1 Å². The van der Waals surface area contributed by atoms with Crippen LogP contribution in [0.3, 0.4) is 0 Å². The highest BCUT2D eigenvalue weighted by Crippen LogP contribution is 2.27. The zero-order chi connectivity index (χ0) is 11.4. The Kier molecular flexibility index (Phi) is 4.53. The van der Waals surface area contributed by atoms with E-state index in [1.165, 1.54) is 24.3 Å². The van der Waals surface area contributed by atoms with Crippen molar-refractivity contribution in [2.75, 3.05) is 24.6 Å². The van der Waals surface area contributed by atoms with Gasteiger partial charge in [0.15, 0.2) is 0 Å². The Hall–Kier alpha value is -0.220. The Balaban J connectivity index is 1.73. The molecule has 0 aromatic carbocycles. The Morgan fingerprint density at radius 1 is 1.31 bits per heavy atom. The van der Waals surface area contributed by atoms with E-state index in [1.54, 1.807) is 0 Å². The number of carbonyl (C=O) groups is 1. The van der Waals surface area contributed by atoms with Crippen LogP contribution >= 0.6 is 11.8 Å². The molecule has 2 rings (SSSR count). The molecule has 92 valence electrons. The summed E-state index contributed by atoms with van der Waals surface area (Å²) in [6.07, 6.45) is 5.22. The quantitative estimate of drug-likeness (QED) is 0.824. The minimum Gasteiger partial charge on any atom is -0.481 e. The van der Waals surface area contributed by atoms with Crippen molar-refractivity contribution in [2.24, 2.45) is 5.92 Å². The fourth-order valence-electron chi connectivity index (χ4n) is 2.78. The van der Waals surface area contributed by atoms with Crippen LogP contribution in [0.4, 0.5) is 0 Å². The lowest BCUT2D eigenvalue weighted by molar-refractivity contribution is -0.138. The second-order valence-corrected chi connectivity index (χ2v) is 6.10. The van der Waals surface area contributed by atoms with Crippen LogP contribution in [0.2, 0.25) is 0 Å². The number of carboxylic acids is 1. The van der Waals surface area contributed by atoms with Gasteiger partial charge >= 0.3 is 5.97 Å². The number of piperidine rings is 1. The van der Waals surface area contributed by atoms with Gasteiger partial charge in [-0.3, -0.25) is 9.69 Å². The molecular formula is C12H21NO2S. The molecular weight excluding hydrogens is 222 g/mol. The molecule has 2 saturated heterocycles. The maximum absolute atomic E-state index is 10.6. The minimum absolute atomic E-state index is 0.368. The van der Waals surface area contributed by atoms with Gasteiger partial charge in [-0.1, -0.05) is 0 Å². The van der Waals surface area contributed by atoms with Gasteiger partial charge in [0.25, 0.3) is 0 Å². The first-order valence-corrected chi connectivity index (χ1v) is 7.45. The number of likely N-dealkylation sites (tertiary alicyclic amines) is 1. The molecule has 3 nitrogen and oxygen atoms in total. The average molecular weight is 243 g/mol. The summed E-state index contributed by atoms with van der Waals surface area (Å²) in [6.45, 7) is 2.23. The van der Waals surface area contributed by atoms with E-state index in [0.717, 1.165) is 32.0 Å². The lowest BCUT2D eigenvalue weighted by atomic mass is 9.92. The summed E-state index contributed by atoms with van der Waals surface area (Å²) in [6, 6.07) is 0.768. The van der Waals surface area contributed by atoms with Crippen LogP contribution in [0, 0.1) is 5.92 Å². The topological polar surface area (TPSA) is 40.5 Å². The van der Waals surface area contributed by atoms with E-state index in [2.05, 4.69) is 16.7 Å². The van der Waals surface area contributed by atoms with E-state index in [4.69, 9.17) is 5.11 Å². The molecule has 0 amide bonds. The van der Waals surface area contributed by atoms with Crippen molar-refractivity contribution in [3.63, 3.8) is 0 Å². The Morgan fingerprint density at radius 3 is 2.62 bits per heavy atom. The zero-order valence-electron chi connectivity index (χ0n) is 9.73. The monoisotopic (exact) mass is 243 g/mol. The third-order valence-electron chi connectivity index (χ3n) is 3.77. The molecule has 0 spiro atoms. The standard InChI is InChI=1S/C12H21NO2S/c14-12(15)8-10-3-5-13(6-4-10)11-2-1-7-16-9-11/h10-11H,1-9H2,(H,14,15). The highest BCUT2D eigenvalue weighted by atomic mass is 32.2. The molecule has 0 aromatic heterocycles. The van der Waals surface area contributed by atoms with Gasteiger partial charge in [0.1, 0.15) is 0 Å². The van der Waals surface area contributed by atoms with Crippen LogP contribution < -0.4 is 0 Å². The fourth-order valence-corrected chi connectivity index (χ4v) is 3.97. The molecule has 1 atom stereocenters. The first-order valence-electron chi connectivity index (χ1n) is 6.29. The van der Waals surface area contributed by atoms with E-state index >= 15 is 0 Å². The molecule has 0 radical (unpaired) electrons. The Morgan fingerprint density at radius 2 is 2.06 bits per heavy atom. The number of hydrogen-bond acceptors (Lipinski definition) is 3. The maximum Gasteiger partial charge on any atom is 0.303 e. The molecule has 0 aromatic rings. The molecule has 2 fully saturated rings. The van der Waals surface area contributed by atoms with Crippen LogP contribution in [-0.2, 0) is 4.79 Å². The fraction of sp³-hybridized carbons (Fsp3) is 0.917. The Bertz CT molecular complexity index is 233. The van der Waals surface area contributed by atoms with Gasteiger partial charge in [-0.15, -0.1) is 0 Å². The van der Waals surface area contributed by atoms with Gasteiger partial charge < -0.3 is 5.11 Å². The van der Waals surface area contributed by atoms with Crippen LogP contribution in [0.25, 0.3) is 0 Å². The van der Waals surface area contributed by atoms with Crippen LogP contribution in [-0.4, -0.2) is 46.6 Å². The number of aliphatic carboxylic acids is 1. The van der Waals surface area contributed by atoms with Gasteiger partial charge in [-0.2, -0.15) is 11.8 Å². The molecule has 2 aliphatic heterocycles. The highest BCUT2D eigenvalue weighted by Gasteiger charge is 2.27. The van der Waals surface area contributed by atoms with Gasteiger partial charge in [0.2, 0.25) is 0 Å². The summed E-state index contributed by atoms with van der Waals surface area (Å²) in [5.74, 6) is 2.40. The van der Waals surface area contributed by atoms with E-state index in [9.17, 15) is 4.79 Å². The molecule has 16 heavy (non-hydrogen) atoms. The first kappa shape index (κ1) is 12.2. The third kappa shape index (κ3) is 3.39. The second-order valence-electron chi connectivity index (χ2n) is 4.95.